The third kappa shape index (κ3) is 6.14. The number of nitrogens with zero attached hydrogens (tertiary/aromatic N) is 2. The molecule has 2 fully saturated rings. The first-order valence-corrected chi connectivity index (χ1v) is 15.5. The lowest BCUT2D eigenvalue weighted by atomic mass is 9.77. The van der Waals surface area contributed by atoms with Gasteiger partial charge >= 0.3 is 0 Å². The van der Waals surface area contributed by atoms with Crippen molar-refractivity contribution < 1.29 is 17.9 Å². The number of fused-ring (bicyclic) bond motifs is 4. The lowest BCUT2D eigenvalue weighted by molar-refractivity contribution is 0.0218. The van der Waals surface area contributed by atoms with Crippen LogP contribution < -0.4 is 15.2 Å². The van der Waals surface area contributed by atoms with Crippen LogP contribution in [0.2, 0.25) is 0 Å². The largest absolute Gasteiger partial charge is 0.490 e. The molecule has 7 nitrogen and oxygen atoms in total. The summed E-state index contributed by atoms with van der Waals surface area (Å²) in [5.74, 6) is 2.27. The van der Waals surface area contributed by atoms with Gasteiger partial charge in [0.25, 0.3) is 0 Å². The lowest BCUT2D eigenvalue weighted by Gasteiger charge is -2.51. The zero-order valence-corrected chi connectivity index (χ0v) is 22.5. The van der Waals surface area contributed by atoms with Crippen molar-refractivity contribution in [3.8, 4) is 11.5 Å². The molecule has 0 radical (unpaired) electrons. The highest BCUT2D eigenvalue weighted by atomic mass is 32.2. The van der Waals surface area contributed by atoms with Gasteiger partial charge in [-0.15, -0.1) is 0 Å². The van der Waals surface area contributed by atoms with Gasteiger partial charge in [0.2, 0.25) is 10.0 Å². The number of hydrogen-bond acceptors (Lipinski definition) is 6. The zero-order valence-electron chi connectivity index (χ0n) is 21.7. The van der Waals surface area contributed by atoms with Crippen LogP contribution in [0.4, 0.5) is 0 Å². The second-order valence-corrected chi connectivity index (χ2v) is 12.5. The van der Waals surface area contributed by atoms with Crippen molar-refractivity contribution in [3.63, 3.8) is 0 Å². The van der Waals surface area contributed by atoms with Gasteiger partial charge < -0.3 is 15.2 Å². The van der Waals surface area contributed by atoms with Crippen LogP contribution in [0.3, 0.4) is 0 Å². The highest BCUT2D eigenvalue weighted by molar-refractivity contribution is 7.89. The van der Waals surface area contributed by atoms with Crippen LogP contribution in [0.15, 0.2) is 12.1 Å². The number of unbranched alkanes of at least 4 members (excludes halogenated alkanes) is 2. The summed E-state index contributed by atoms with van der Waals surface area (Å²) < 4.78 is 40.6. The first-order valence-electron chi connectivity index (χ1n) is 13.8. The molecule has 3 heterocycles. The molecule has 4 rings (SSSR count). The quantitative estimate of drug-likeness (QED) is 0.429. The molecule has 3 atom stereocenters. The second-order valence-electron chi connectivity index (χ2n) is 10.4. The molecule has 0 unspecified atom stereocenters. The molecule has 0 aromatic heterocycles. The van der Waals surface area contributed by atoms with Crippen LogP contribution in [0.25, 0.3) is 0 Å². The highest BCUT2D eigenvalue weighted by Crippen LogP contribution is 2.46. The predicted molar refractivity (Wildman–Crippen MR) is 141 cm³/mol. The second kappa shape index (κ2) is 12.3. The Bertz CT molecular complexity index is 939. The maximum atomic E-state index is 13.2. The van der Waals surface area contributed by atoms with E-state index in [1.807, 2.05) is 4.31 Å². The average Bonchev–Trinajstić information content (AvgIpc) is 2.86. The number of sulfonamides is 1. The summed E-state index contributed by atoms with van der Waals surface area (Å²) in [7, 11) is -3.28. The topological polar surface area (TPSA) is 85.1 Å². The van der Waals surface area contributed by atoms with E-state index >= 15 is 0 Å². The van der Waals surface area contributed by atoms with Crippen molar-refractivity contribution in [2.24, 2.45) is 11.7 Å². The average molecular weight is 508 g/mol. The highest BCUT2D eigenvalue weighted by Gasteiger charge is 2.45. The van der Waals surface area contributed by atoms with Gasteiger partial charge in [-0.3, -0.25) is 4.90 Å². The smallest absolute Gasteiger partial charge is 0.214 e. The summed E-state index contributed by atoms with van der Waals surface area (Å²) in [5, 5.41) is 0. The maximum Gasteiger partial charge on any atom is 0.214 e. The van der Waals surface area contributed by atoms with E-state index in [0.717, 1.165) is 76.0 Å². The SMILES string of the molecule is CCCCOc1cc2c(cc1OCCCC)[C@@H]1C[C@H]3[C@H](CCCN3S(=O)(=O)CCCN)CN1CC2. The van der Waals surface area contributed by atoms with Crippen LogP contribution in [0, 0.1) is 5.92 Å². The molecular weight excluding hydrogens is 462 g/mol. The van der Waals surface area contributed by atoms with Crippen LogP contribution in [-0.2, 0) is 16.4 Å². The molecular formula is C27H45N3O4S. The fourth-order valence-electron chi connectivity index (χ4n) is 6.02. The van der Waals surface area contributed by atoms with Crippen molar-refractivity contribution in [2.45, 2.75) is 83.7 Å². The van der Waals surface area contributed by atoms with E-state index in [0.29, 0.717) is 38.6 Å². The fraction of sp³-hybridized carbons (Fsp3) is 0.778. The van der Waals surface area contributed by atoms with Gasteiger partial charge in [-0.05, 0) is 80.7 Å². The van der Waals surface area contributed by atoms with Crippen molar-refractivity contribution in [3.05, 3.63) is 23.3 Å². The standard InChI is InChI=1S/C27H45N3O4S/c1-3-5-14-33-26-17-21-10-13-29-20-22-9-7-12-30(35(31,32)16-8-11-28)24(22)19-25(29)23(21)18-27(26)34-15-6-4-2/h17-18,22,24-25H,3-16,19-20,28H2,1-2H3/t22-,24+,25+/m1/s1. The molecule has 0 aliphatic carbocycles. The third-order valence-electron chi connectivity index (χ3n) is 7.95. The molecule has 198 valence electrons. The Morgan fingerprint density at radius 1 is 1.03 bits per heavy atom. The Labute approximate surface area is 212 Å². The van der Waals surface area contributed by atoms with Crippen molar-refractivity contribution in [1.29, 1.82) is 0 Å². The van der Waals surface area contributed by atoms with E-state index in [9.17, 15) is 8.42 Å². The molecule has 2 N–H and O–H groups in total. The van der Waals surface area contributed by atoms with E-state index in [1.165, 1.54) is 11.1 Å². The summed E-state index contributed by atoms with van der Waals surface area (Å²) in [6.07, 6.45) is 8.66. The van der Waals surface area contributed by atoms with Gasteiger partial charge in [0.1, 0.15) is 0 Å². The van der Waals surface area contributed by atoms with Crippen LogP contribution in [0.1, 0.15) is 82.4 Å². The Morgan fingerprint density at radius 3 is 2.43 bits per heavy atom. The number of hydrogen-bond donors (Lipinski definition) is 1. The van der Waals surface area contributed by atoms with Gasteiger partial charge in [0, 0.05) is 31.7 Å². The van der Waals surface area contributed by atoms with Gasteiger partial charge in [-0.25, -0.2) is 8.42 Å². The zero-order chi connectivity index (χ0) is 24.8. The number of nitrogens with two attached hydrogens (primary N) is 1. The summed E-state index contributed by atoms with van der Waals surface area (Å²) in [5.41, 5.74) is 8.26. The number of rotatable bonds is 12. The van der Waals surface area contributed by atoms with Gasteiger partial charge in [-0.1, -0.05) is 26.7 Å². The molecule has 35 heavy (non-hydrogen) atoms. The summed E-state index contributed by atoms with van der Waals surface area (Å²) >= 11 is 0. The van der Waals surface area contributed by atoms with Crippen molar-refractivity contribution in [2.75, 3.05) is 45.1 Å². The molecule has 1 aromatic carbocycles. The van der Waals surface area contributed by atoms with E-state index in [1.54, 1.807) is 0 Å². The minimum Gasteiger partial charge on any atom is -0.490 e. The number of benzene rings is 1. The maximum absolute atomic E-state index is 13.2. The summed E-state index contributed by atoms with van der Waals surface area (Å²) in [6.45, 7) is 8.77. The van der Waals surface area contributed by atoms with E-state index in [4.69, 9.17) is 15.2 Å². The molecule has 0 bridgehead atoms. The monoisotopic (exact) mass is 507 g/mol. The minimum absolute atomic E-state index is 0.0728. The van der Waals surface area contributed by atoms with Gasteiger partial charge in [0.15, 0.2) is 11.5 Å². The number of ether oxygens (including phenoxy) is 2. The Morgan fingerprint density at radius 2 is 1.74 bits per heavy atom. The molecule has 8 heteroatoms. The van der Waals surface area contributed by atoms with E-state index in [2.05, 4.69) is 30.9 Å². The summed E-state index contributed by atoms with van der Waals surface area (Å²) in [4.78, 5) is 2.59. The Balaban J connectivity index is 1.60. The van der Waals surface area contributed by atoms with Crippen LogP contribution >= 0.6 is 0 Å². The van der Waals surface area contributed by atoms with E-state index in [-0.39, 0.29) is 17.8 Å². The molecule has 3 aliphatic rings. The number of piperidine rings is 2. The molecule has 0 spiro atoms. The Kier molecular flexibility index (Phi) is 9.35. The Hall–Kier alpha value is -1.35. The molecule has 2 saturated heterocycles. The first-order chi connectivity index (χ1) is 17.0. The molecule has 0 saturated carbocycles. The third-order valence-corrected chi connectivity index (χ3v) is 9.92. The van der Waals surface area contributed by atoms with Crippen molar-refractivity contribution in [1.82, 2.24) is 9.21 Å². The van der Waals surface area contributed by atoms with Crippen LogP contribution in [-0.4, -0.2) is 68.8 Å². The van der Waals surface area contributed by atoms with Crippen molar-refractivity contribution >= 4 is 10.0 Å². The minimum atomic E-state index is -3.28. The first kappa shape index (κ1) is 26.7. The fourth-order valence-corrected chi connectivity index (χ4v) is 7.86. The molecule has 1 aromatic rings. The normalized spacial score (nSPS) is 24.9. The predicted octanol–water partition coefficient (Wildman–Crippen LogP) is 4.11. The van der Waals surface area contributed by atoms with Gasteiger partial charge in [0.05, 0.1) is 19.0 Å². The molecule has 3 aliphatic heterocycles. The van der Waals surface area contributed by atoms with Crippen LogP contribution in [0.5, 0.6) is 11.5 Å². The summed E-state index contributed by atoms with van der Waals surface area (Å²) in [6, 6.07) is 4.71. The van der Waals surface area contributed by atoms with E-state index < -0.39 is 10.0 Å². The molecule has 0 amide bonds. The van der Waals surface area contributed by atoms with Gasteiger partial charge in [-0.2, -0.15) is 4.31 Å². The lowest BCUT2D eigenvalue weighted by Crippen LogP contribution is -2.57.